The molecule has 2 N–H and O–H groups in total. The van der Waals surface area contributed by atoms with Crippen LogP contribution in [0.3, 0.4) is 0 Å². The van der Waals surface area contributed by atoms with Crippen molar-refractivity contribution in [2.24, 2.45) is 4.99 Å². The van der Waals surface area contributed by atoms with Gasteiger partial charge in [-0.25, -0.2) is 4.98 Å². The number of nitrogens with zero attached hydrogens (tertiary/aromatic N) is 4. The van der Waals surface area contributed by atoms with Gasteiger partial charge in [-0.15, -0.1) is 35.7 Å². The number of aromatic nitrogens is 1. The van der Waals surface area contributed by atoms with E-state index in [2.05, 4.69) is 80.7 Å². The van der Waals surface area contributed by atoms with Crippen molar-refractivity contribution < 1.29 is 0 Å². The number of hydrogen-bond donors (Lipinski definition) is 2. The molecule has 1 fully saturated rings. The third kappa shape index (κ3) is 8.50. The lowest BCUT2D eigenvalue weighted by Gasteiger charge is -2.34. The predicted molar refractivity (Wildman–Crippen MR) is 144 cm³/mol. The van der Waals surface area contributed by atoms with E-state index in [1.807, 2.05) is 31.1 Å². The molecule has 1 aliphatic heterocycles. The van der Waals surface area contributed by atoms with E-state index in [4.69, 9.17) is 0 Å². The minimum absolute atomic E-state index is 0. The van der Waals surface area contributed by atoms with E-state index < -0.39 is 0 Å². The van der Waals surface area contributed by atoms with Crippen molar-refractivity contribution in [1.29, 1.82) is 0 Å². The van der Waals surface area contributed by atoms with Gasteiger partial charge in [-0.1, -0.05) is 38.1 Å². The van der Waals surface area contributed by atoms with E-state index in [0.29, 0.717) is 11.8 Å². The number of hydrogen-bond acceptors (Lipinski definition) is 5. The molecular weight excluding hydrogens is 519 g/mol. The van der Waals surface area contributed by atoms with Gasteiger partial charge in [0.05, 0.1) is 0 Å². The number of halogens is 1. The molecule has 3 rings (SSSR count). The standard InChI is InChI=1S/C23H34N6S.HI/c1-4-28-12-14-29(15-13-28)22-11-10-20(17-25-22)18-27-23(24-3)26-16-19(2)30-21-8-6-5-7-9-21;/h5-11,17,19H,4,12-16,18H2,1-3H3,(H2,24,26,27);1H. The summed E-state index contributed by atoms with van der Waals surface area (Å²) in [5, 5.41) is 7.25. The van der Waals surface area contributed by atoms with Gasteiger partial charge in [0.2, 0.25) is 0 Å². The molecule has 0 amide bonds. The molecule has 0 bridgehead atoms. The molecule has 0 aliphatic carbocycles. The predicted octanol–water partition coefficient (Wildman–Crippen LogP) is 3.69. The van der Waals surface area contributed by atoms with Crippen LogP contribution in [0.4, 0.5) is 5.82 Å². The highest BCUT2D eigenvalue weighted by Gasteiger charge is 2.16. The van der Waals surface area contributed by atoms with E-state index in [0.717, 1.165) is 56.6 Å². The number of thioether (sulfide) groups is 1. The van der Waals surface area contributed by atoms with E-state index in [9.17, 15) is 0 Å². The number of guanidine groups is 1. The summed E-state index contributed by atoms with van der Waals surface area (Å²) in [6.07, 6.45) is 1.97. The highest BCUT2D eigenvalue weighted by molar-refractivity contribution is 14.0. The van der Waals surface area contributed by atoms with Crippen LogP contribution < -0.4 is 15.5 Å². The smallest absolute Gasteiger partial charge is 0.191 e. The minimum atomic E-state index is 0. The van der Waals surface area contributed by atoms with Crippen LogP contribution in [0, 0.1) is 0 Å². The molecule has 0 spiro atoms. The van der Waals surface area contributed by atoms with Crippen molar-refractivity contribution in [1.82, 2.24) is 20.5 Å². The van der Waals surface area contributed by atoms with Gasteiger partial charge in [-0.05, 0) is 30.3 Å². The number of aliphatic imine (C=N–C) groups is 1. The molecule has 2 aromatic rings. The summed E-state index contributed by atoms with van der Waals surface area (Å²) in [5.41, 5.74) is 1.15. The van der Waals surface area contributed by atoms with Crippen LogP contribution in [0.15, 0.2) is 58.5 Å². The molecule has 1 aromatic heterocycles. The van der Waals surface area contributed by atoms with Crippen molar-refractivity contribution in [3.63, 3.8) is 0 Å². The summed E-state index contributed by atoms with van der Waals surface area (Å²) < 4.78 is 0. The van der Waals surface area contributed by atoms with Crippen LogP contribution in [0.5, 0.6) is 0 Å². The van der Waals surface area contributed by atoms with Gasteiger partial charge in [-0.2, -0.15) is 0 Å². The first-order valence-electron chi connectivity index (χ1n) is 10.8. The summed E-state index contributed by atoms with van der Waals surface area (Å²) >= 11 is 1.86. The third-order valence-corrected chi connectivity index (χ3v) is 6.39. The summed E-state index contributed by atoms with van der Waals surface area (Å²) in [6.45, 7) is 11.5. The average molecular weight is 555 g/mol. The van der Waals surface area contributed by atoms with Crippen molar-refractivity contribution in [3.8, 4) is 0 Å². The molecule has 0 radical (unpaired) electrons. The number of pyridine rings is 1. The fraction of sp³-hybridized carbons (Fsp3) is 0.478. The second kappa shape index (κ2) is 13.8. The molecule has 1 unspecified atom stereocenters. The van der Waals surface area contributed by atoms with E-state index in [1.165, 1.54) is 4.90 Å². The normalized spacial score (nSPS) is 15.8. The number of piperazine rings is 1. The molecule has 170 valence electrons. The lowest BCUT2D eigenvalue weighted by atomic mass is 10.2. The van der Waals surface area contributed by atoms with Gasteiger partial charge in [-0.3, -0.25) is 4.99 Å². The number of benzene rings is 1. The largest absolute Gasteiger partial charge is 0.355 e. The highest BCUT2D eigenvalue weighted by Crippen LogP contribution is 2.21. The van der Waals surface area contributed by atoms with Crippen LogP contribution >= 0.6 is 35.7 Å². The summed E-state index contributed by atoms with van der Waals surface area (Å²) in [5.74, 6) is 1.89. The quantitative estimate of drug-likeness (QED) is 0.225. The molecular formula is C23H35IN6S. The van der Waals surface area contributed by atoms with Gasteiger partial charge >= 0.3 is 0 Å². The lowest BCUT2D eigenvalue weighted by molar-refractivity contribution is 0.270. The zero-order valence-electron chi connectivity index (χ0n) is 18.8. The number of likely N-dealkylation sites (N-methyl/N-ethyl adjacent to an activating group) is 1. The van der Waals surface area contributed by atoms with Gasteiger partial charge in [0.25, 0.3) is 0 Å². The molecule has 31 heavy (non-hydrogen) atoms. The molecule has 8 heteroatoms. The van der Waals surface area contributed by atoms with Crippen LogP contribution in [0.1, 0.15) is 19.4 Å². The SMILES string of the molecule is CCN1CCN(c2ccc(CNC(=NC)NCC(C)Sc3ccccc3)cn2)CC1.I. The molecule has 1 aromatic carbocycles. The Balaban J connectivity index is 0.00000341. The van der Waals surface area contributed by atoms with Gasteiger partial charge < -0.3 is 20.4 Å². The van der Waals surface area contributed by atoms with Crippen molar-refractivity contribution in [2.75, 3.05) is 51.2 Å². The fourth-order valence-corrected chi connectivity index (χ4v) is 4.37. The van der Waals surface area contributed by atoms with Gasteiger partial charge in [0, 0.05) is 62.7 Å². The second-order valence-corrected chi connectivity index (χ2v) is 9.01. The topological polar surface area (TPSA) is 55.8 Å². The summed E-state index contributed by atoms with van der Waals surface area (Å²) in [6, 6.07) is 14.8. The Morgan fingerprint density at radius 1 is 1.10 bits per heavy atom. The average Bonchev–Trinajstić information content (AvgIpc) is 2.80. The maximum atomic E-state index is 4.68. The number of nitrogens with one attached hydrogen (secondary N) is 2. The Kier molecular flexibility index (Phi) is 11.5. The van der Waals surface area contributed by atoms with Gasteiger partial charge in [0.1, 0.15) is 5.82 Å². The number of rotatable bonds is 8. The first kappa shape index (κ1) is 25.7. The second-order valence-electron chi connectivity index (χ2n) is 7.49. The van der Waals surface area contributed by atoms with Crippen LogP contribution in [0.25, 0.3) is 0 Å². The van der Waals surface area contributed by atoms with Crippen LogP contribution in [-0.4, -0.2) is 67.4 Å². The number of anilines is 1. The monoisotopic (exact) mass is 554 g/mol. The fourth-order valence-electron chi connectivity index (χ4n) is 3.42. The molecule has 6 nitrogen and oxygen atoms in total. The summed E-state index contributed by atoms with van der Waals surface area (Å²) in [7, 11) is 1.81. The lowest BCUT2D eigenvalue weighted by Crippen LogP contribution is -2.46. The maximum absolute atomic E-state index is 4.68. The van der Waals surface area contributed by atoms with Crippen molar-refractivity contribution in [2.45, 2.75) is 30.5 Å². The Labute approximate surface area is 208 Å². The van der Waals surface area contributed by atoms with Gasteiger partial charge in [0.15, 0.2) is 5.96 Å². The minimum Gasteiger partial charge on any atom is -0.355 e. The van der Waals surface area contributed by atoms with Crippen molar-refractivity contribution >= 4 is 47.5 Å². The van der Waals surface area contributed by atoms with Crippen LogP contribution in [0.2, 0.25) is 0 Å². The van der Waals surface area contributed by atoms with E-state index in [-0.39, 0.29) is 24.0 Å². The Bertz CT molecular complexity index is 778. The third-order valence-electron chi connectivity index (χ3n) is 5.27. The van der Waals surface area contributed by atoms with Crippen LogP contribution in [-0.2, 0) is 6.54 Å². The first-order chi connectivity index (χ1) is 14.7. The summed E-state index contributed by atoms with van der Waals surface area (Å²) in [4.78, 5) is 15.2. The van der Waals surface area contributed by atoms with E-state index in [1.54, 1.807) is 0 Å². The Morgan fingerprint density at radius 2 is 1.84 bits per heavy atom. The molecule has 1 saturated heterocycles. The zero-order valence-corrected chi connectivity index (χ0v) is 21.9. The Hall–Kier alpha value is -1.52. The molecule has 2 heterocycles. The highest BCUT2D eigenvalue weighted by atomic mass is 127. The molecule has 1 aliphatic rings. The molecule has 1 atom stereocenters. The van der Waals surface area contributed by atoms with Crippen molar-refractivity contribution in [3.05, 3.63) is 54.2 Å². The Morgan fingerprint density at radius 3 is 2.45 bits per heavy atom. The first-order valence-corrected chi connectivity index (χ1v) is 11.6. The van der Waals surface area contributed by atoms with E-state index >= 15 is 0 Å². The molecule has 0 saturated carbocycles. The zero-order chi connectivity index (χ0) is 21.2. The maximum Gasteiger partial charge on any atom is 0.191 e.